The number of hydrazone groups is 1. The van der Waals surface area contributed by atoms with Gasteiger partial charge in [0.2, 0.25) is 0 Å². The van der Waals surface area contributed by atoms with Gasteiger partial charge in [0.1, 0.15) is 5.75 Å². The molecule has 0 radical (unpaired) electrons. The summed E-state index contributed by atoms with van der Waals surface area (Å²) < 4.78 is 7.92. The molecular formula is C19H13Br3N2O2. The third kappa shape index (κ3) is 4.93. The van der Waals surface area contributed by atoms with Crippen LogP contribution in [0.15, 0.2) is 73.1 Å². The Morgan fingerprint density at radius 3 is 2.42 bits per heavy atom. The van der Waals surface area contributed by atoms with E-state index in [0.29, 0.717) is 5.75 Å². The van der Waals surface area contributed by atoms with Crippen LogP contribution in [0.2, 0.25) is 0 Å². The van der Waals surface area contributed by atoms with Crippen LogP contribution >= 0.6 is 47.8 Å². The molecule has 0 heterocycles. The van der Waals surface area contributed by atoms with Crippen LogP contribution in [0.25, 0.3) is 10.8 Å². The number of hydrogen-bond acceptors (Lipinski definition) is 3. The van der Waals surface area contributed by atoms with Gasteiger partial charge in [0.15, 0.2) is 6.61 Å². The number of nitrogens with zero attached hydrogens (tertiary/aromatic N) is 1. The quantitative estimate of drug-likeness (QED) is 0.335. The first-order valence-electron chi connectivity index (χ1n) is 7.61. The molecule has 7 heteroatoms. The molecule has 0 bridgehead atoms. The van der Waals surface area contributed by atoms with Gasteiger partial charge in [0.05, 0.1) is 15.2 Å². The highest BCUT2D eigenvalue weighted by Crippen LogP contribution is 2.36. The Balaban J connectivity index is 1.57. The molecule has 0 atom stereocenters. The molecule has 1 amide bonds. The lowest BCUT2D eigenvalue weighted by molar-refractivity contribution is -0.123. The van der Waals surface area contributed by atoms with E-state index in [1.165, 1.54) is 0 Å². The molecule has 132 valence electrons. The van der Waals surface area contributed by atoms with E-state index in [2.05, 4.69) is 58.3 Å². The van der Waals surface area contributed by atoms with Crippen LogP contribution in [0.1, 0.15) is 5.56 Å². The van der Waals surface area contributed by atoms with Crippen molar-refractivity contribution in [1.29, 1.82) is 0 Å². The number of ether oxygens (including phenoxy) is 1. The van der Waals surface area contributed by atoms with Crippen molar-refractivity contribution in [2.24, 2.45) is 5.10 Å². The molecule has 3 rings (SSSR count). The second-order valence-corrected chi connectivity index (χ2v) is 8.01. The van der Waals surface area contributed by atoms with Gasteiger partial charge >= 0.3 is 0 Å². The van der Waals surface area contributed by atoms with Crippen LogP contribution in [-0.2, 0) is 4.79 Å². The lowest BCUT2D eigenvalue weighted by Crippen LogP contribution is -2.24. The van der Waals surface area contributed by atoms with E-state index >= 15 is 0 Å². The minimum atomic E-state index is -0.344. The molecular weight excluding hydrogens is 528 g/mol. The summed E-state index contributed by atoms with van der Waals surface area (Å²) in [4.78, 5) is 11.9. The van der Waals surface area contributed by atoms with Crippen molar-refractivity contribution in [2.45, 2.75) is 0 Å². The molecule has 0 aliphatic carbocycles. The minimum Gasteiger partial charge on any atom is -0.481 e. The number of amides is 1. The van der Waals surface area contributed by atoms with E-state index < -0.39 is 0 Å². The number of carbonyl (C=O) groups is 1. The minimum absolute atomic E-state index is 0.145. The van der Waals surface area contributed by atoms with Gasteiger partial charge in [-0.2, -0.15) is 5.10 Å². The van der Waals surface area contributed by atoms with Crippen LogP contribution in [0.3, 0.4) is 0 Å². The molecule has 0 unspecified atom stereocenters. The van der Waals surface area contributed by atoms with Crippen molar-refractivity contribution in [3.63, 3.8) is 0 Å². The van der Waals surface area contributed by atoms with Crippen LogP contribution in [0, 0.1) is 0 Å². The van der Waals surface area contributed by atoms with Crippen molar-refractivity contribution in [2.75, 3.05) is 6.61 Å². The predicted octanol–water partition coefficient (Wildman–Crippen LogP) is 5.66. The highest BCUT2D eigenvalue weighted by atomic mass is 79.9. The number of fused-ring (bicyclic) bond motifs is 1. The Morgan fingerprint density at radius 1 is 1.00 bits per heavy atom. The molecule has 0 aliphatic rings. The van der Waals surface area contributed by atoms with Crippen molar-refractivity contribution in [1.82, 2.24) is 5.43 Å². The third-order valence-electron chi connectivity index (χ3n) is 3.49. The zero-order valence-electron chi connectivity index (χ0n) is 13.4. The monoisotopic (exact) mass is 538 g/mol. The lowest BCUT2D eigenvalue weighted by Gasteiger charge is -2.09. The van der Waals surface area contributed by atoms with Gasteiger partial charge in [0, 0.05) is 4.47 Å². The fraction of sp³-hybridized carbons (Fsp3) is 0.0526. The molecule has 1 N–H and O–H groups in total. The normalized spacial score (nSPS) is 11.0. The first kappa shape index (κ1) is 19.1. The zero-order chi connectivity index (χ0) is 18.5. The Bertz CT molecular complexity index is 966. The second kappa shape index (κ2) is 8.79. The van der Waals surface area contributed by atoms with Gasteiger partial charge in [-0.25, -0.2) is 5.43 Å². The maximum atomic E-state index is 11.9. The predicted molar refractivity (Wildman–Crippen MR) is 115 cm³/mol. The standard InChI is InChI=1S/C19H13Br3N2O2/c20-15-8-16(21)19(17(22)9-15)26-11-18(25)24-23-10-12-5-6-13-3-1-2-4-14(13)7-12/h1-10H,11H2,(H,24,25). The largest absolute Gasteiger partial charge is 0.481 e. The van der Waals surface area contributed by atoms with Gasteiger partial charge in [0.25, 0.3) is 5.91 Å². The molecule has 0 aliphatic heterocycles. The zero-order valence-corrected chi connectivity index (χ0v) is 18.1. The van der Waals surface area contributed by atoms with Gasteiger partial charge in [-0.3, -0.25) is 4.79 Å². The summed E-state index contributed by atoms with van der Waals surface area (Å²) in [7, 11) is 0. The number of hydrogen-bond donors (Lipinski definition) is 1. The van der Waals surface area contributed by atoms with E-state index in [1.54, 1.807) is 6.21 Å². The lowest BCUT2D eigenvalue weighted by atomic mass is 10.1. The van der Waals surface area contributed by atoms with E-state index in [1.807, 2.05) is 54.6 Å². The first-order valence-corrected chi connectivity index (χ1v) is 9.99. The molecule has 0 fully saturated rings. The highest BCUT2D eigenvalue weighted by molar-refractivity contribution is 9.11. The van der Waals surface area contributed by atoms with Crippen LogP contribution in [-0.4, -0.2) is 18.7 Å². The van der Waals surface area contributed by atoms with E-state index in [9.17, 15) is 4.79 Å². The van der Waals surface area contributed by atoms with Crippen LogP contribution < -0.4 is 10.2 Å². The van der Waals surface area contributed by atoms with Crippen LogP contribution in [0.5, 0.6) is 5.75 Å². The SMILES string of the molecule is O=C(COc1c(Br)cc(Br)cc1Br)NN=Cc1ccc2ccccc2c1. The maximum Gasteiger partial charge on any atom is 0.277 e. The summed E-state index contributed by atoms with van der Waals surface area (Å²) in [6.07, 6.45) is 1.61. The summed E-state index contributed by atoms with van der Waals surface area (Å²) in [5, 5.41) is 6.27. The molecule has 0 aromatic heterocycles. The summed E-state index contributed by atoms with van der Waals surface area (Å²) in [5.74, 6) is 0.214. The fourth-order valence-electron chi connectivity index (χ4n) is 2.30. The first-order chi connectivity index (χ1) is 12.5. The number of nitrogens with one attached hydrogen (secondary N) is 1. The van der Waals surface area contributed by atoms with E-state index in [4.69, 9.17) is 4.74 Å². The number of carbonyl (C=O) groups excluding carboxylic acids is 1. The molecule has 26 heavy (non-hydrogen) atoms. The Morgan fingerprint density at radius 2 is 1.69 bits per heavy atom. The van der Waals surface area contributed by atoms with Gasteiger partial charge in [-0.1, -0.05) is 52.3 Å². The summed E-state index contributed by atoms with van der Waals surface area (Å²) in [6, 6.07) is 17.7. The smallest absolute Gasteiger partial charge is 0.277 e. The van der Waals surface area contributed by atoms with Gasteiger partial charge in [-0.05, 0) is 66.4 Å². The maximum absolute atomic E-state index is 11.9. The second-order valence-electron chi connectivity index (χ2n) is 5.39. The van der Waals surface area contributed by atoms with Crippen molar-refractivity contribution in [3.05, 3.63) is 73.6 Å². The molecule has 4 nitrogen and oxygen atoms in total. The highest BCUT2D eigenvalue weighted by Gasteiger charge is 2.10. The third-order valence-corrected chi connectivity index (χ3v) is 5.12. The average molecular weight is 541 g/mol. The van der Waals surface area contributed by atoms with Crippen LogP contribution in [0.4, 0.5) is 0 Å². The average Bonchev–Trinajstić information content (AvgIpc) is 2.60. The van der Waals surface area contributed by atoms with E-state index in [0.717, 1.165) is 29.8 Å². The Labute approximate surface area is 176 Å². The van der Waals surface area contributed by atoms with Crippen molar-refractivity contribution in [3.8, 4) is 5.75 Å². The molecule has 0 saturated carbocycles. The van der Waals surface area contributed by atoms with Gasteiger partial charge in [-0.15, -0.1) is 0 Å². The molecule has 3 aromatic carbocycles. The summed E-state index contributed by atoms with van der Waals surface area (Å²) >= 11 is 10.2. The Kier molecular flexibility index (Phi) is 6.45. The summed E-state index contributed by atoms with van der Waals surface area (Å²) in [6.45, 7) is -0.145. The van der Waals surface area contributed by atoms with Gasteiger partial charge < -0.3 is 4.74 Å². The molecule has 0 saturated heterocycles. The molecule has 3 aromatic rings. The molecule has 0 spiro atoms. The topological polar surface area (TPSA) is 50.7 Å². The van der Waals surface area contributed by atoms with E-state index in [-0.39, 0.29) is 12.5 Å². The number of benzene rings is 3. The van der Waals surface area contributed by atoms with Crippen molar-refractivity contribution >= 4 is 70.7 Å². The Hall–Kier alpha value is -1.70. The number of halogens is 3. The fourth-order valence-corrected chi connectivity index (χ4v) is 4.79. The number of rotatable bonds is 5. The summed E-state index contributed by atoms with van der Waals surface area (Å²) in [5.41, 5.74) is 3.37. The van der Waals surface area contributed by atoms with Crippen molar-refractivity contribution < 1.29 is 9.53 Å².